The molecule has 0 aliphatic carbocycles. The summed E-state index contributed by atoms with van der Waals surface area (Å²) in [6.07, 6.45) is 2.96. The first-order chi connectivity index (χ1) is 14.9. The van der Waals surface area contributed by atoms with E-state index in [2.05, 4.69) is 15.3 Å². The van der Waals surface area contributed by atoms with Crippen LogP contribution in [0.2, 0.25) is 0 Å². The number of methoxy groups -OCH3 is 1. The van der Waals surface area contributed by atoms with E-state index < -0.39 is 16.1 Å². The van der Waals surface area contributed by atoms with E-state index in [4.69, 9.17) is 4.74 Å². The molecule has 2 aromatic heterocycles. The second-order valence-corrected chi connectivity index (χ2v) is 9.93. The van der Waals surface area contributed by atoms with E-state index in [-0.39, 0.29) is 16.5 Å². The van der Waals surface area contributed by atoms with Gasteiger partial charge in [0.25, 0.3) is 5.91 Å². The fraction of sp³-hybridized carbons (Fsp3) is 0.286. The SMILES string of the molecule is COc1ccc(S(=O)(=O)N2CCC[C@@H]2c2cccc(C(=O)Nc3nccs3)n2)cc1C. The molecule has 0 bridgehead atoms. The van der Waals surface area contributed by atoms with Gasteiger partial charge in [-0.2, -0.15) is 4.31 Å². The maximum Gasteiger partial charge on any atom is 0.276 e. The zero-order chi connectivity index (χ0) is 22.0. The van der Waals surface area contributed by atoms with Crippen molar-refractivity contribution in [3.8, 4) is 5.75 Å². The Balaban J connectivity index is 1.61. The Kier molecular flexibility index (Phi) is 6.03. The number of anilines is 1. The number of sulfonamides is 1. The number of aryl methyl sites for hydroxylation is 1. The molecule has 1 atom stereocenters. The number of ether oxygens (including phenoxy) is 1. The number of nitrogens with zero attached hydrogens (tertiary/aromatic N) is 3. The molecule has 1 aliphatic rings. The van der Waals surface area contributed by atoms with Crippen LogP contribution in [0, 0.1) is 6.92 Å². The summed E-state index contributed by atoms with van der Waals surface area (Å²) in [6, 6.07) is 9.50. The third-order valence-corrected chi connectivity index (χ3v) is 7.77. The van der Waals surface area contributed by atoms with Crippen molar-refractivity contribution in [3.63, 3.8) is 0 Å². The molecule has 0 spiro atoms. The Morgan fingerprint density at radius 3 is 2.84 bits per heavy atom. The number of hydrogen-bond donors (Lipinski definition) is 1. The average molecular weight is 459 g/mol. The molecule has 10 heteroatoms. The van der Waals surface area contributed by atoms with E-state index in [0.29, 0.717) is 29.5 Å². The summed E-state index contributed by atoms with van der Waals surface area (Å²) < 4.78 is 33.5. The van der Waals surface area contributed by atoms with E-state index in [1.54, 1.807) is 55.1 Å². The van der Waals surface area contributed by atoms with Gasteiger partial charge in [0.15, 0.2) is 5.13 Å². The second-order valence-electron chi connectivity index (χ2n) is 7.14. The first-order valence-corrected chi connectivity index (χ1v) is 12.1. The predicted octanol–water partition coefficient (Wildman–Crippen LogP) is 3.63. The number of rotatable bonds is 6. The standard InChI is InChI=1S/C21H22N4O4S2/c1-14-13-15(8-9-19(14)29-2)31(27,28)25-11-4-7-18(25)16-5-3-6-17(23-16)20(26)24-21-22-10-12-30-21/h3,5-6,8-10,12-13,18H,4,7,11H2,1-2H3,(H,22,24,26)/t18-/m1/s1. The zero-order valence-electron chi connectivity index (χ0n) is 17.1. The maximum atomic E-state index is 13.4. The minimum atomic E-state index is -3.73. The maximum absolute atomic E-state index is 13.4. The predicted molar refractivity (Wildman–Crippen MR) is 118 cm³/mol. The van der Waals surface area contributed by atoms with Gasteiger partial charge in [0.2, 0.25) is 10.0 Å². The molecule has 0 saturated carbocycles. The van der Waals surface area contributed by atoms with Crippen LogP contribution < -0.4 is 10.1 Å². The van der Waals surface area contributed by atoms with Crippen LogP contribution in [0.3, 0.4) is 0 Å². The summed E-state index contributed by atoms with van der Waals surface area (Å²) in [7, 11) is -2.18. The number of carbonyl (C=O) groups is 1. The molecule has 8 nitrogen and oxygen atoms in total. The molecule has 31 heavy (non-hydrogen) atoms. The Morgan fingerprint density at radius 1 is 1.29 bits per heavy atom. The molecule has 1 N–H and O–H groups in total. The number of amides is 1. The number of nitrogens with one attached hydrogen (secondary N) is 1. The number of carbonyl (C=O) groups excluding carboxylic acids is 1. The van der Waals surface area contributed by atoms with Gasteiger partial charge in [0, 0.05) is 18.1 Å². The molecule has 3 heterocycles. The van der Waals surface area contributed by atoms with Crippen LogP contribution in [0.15, 0.2) is 52.9 Å². The third kappa shape index (κ3) is 4.32. The van der Waals surface area contributed by atoms with Crippen molar-refractivity contribution in [2.45, 2.75) is 30.7 Å². The van der Waals surface area contributed by atoms with Gasteiger partial charge in [0.1, 0.15) is 11.4 Å². The lowest BCUT2D eigenvalue weighted by Crippen LogP contribution is -2.31. The van der Waals surface area contributed by atoms with Crippen LogP contribution in [0.25, 0.3) is 0 Å². The van der Waals surface area contributed by atoms with Crippen LogP contribution in [0.1, 0.15) is 40.6 Å². The highest BCUT2D eigenvalue weighted by molar-refractivity contribution is 7.89. The van der Waals surface area contributed by atoms with Gasteiger partial charge in [-0.25, -0.2) is 18.4 Å². The fourth-order valence-electron chi connectivity index (χ4n) is 3.68. The van der Waals surface area contributed by atoms with Gasteiger partial charge in [-0.3, -0.25) is 10.1 Å². The molecule has 1 aromatic carbocycles. The van der Waals surface area contributed by atoms with Crippen molar-refractivity contribution in [1.29, 1.82) is 0 Å². The highest BCUT2D eigenvalue weighted by Crippen LogP contribution is 2.36. The summed E-state index contributed by atoms with van der Waals surface area (Å²) in [6.45, 7) is 2.21. The number of aromatic nitrogens is 2. The largest absolute Gasteiger partial charge is 0.496 e. The molecule has 0 radical (unpaired) electrons. The molecule has 3 aromatic rings. The Morgan fingerprint density at radius 2 is 2.13 bits per heavy atom. The lowest BCUT2D eigenvalue weighted by atomic mass is 10.1. The van der Waals surface area contributed by atoms with Crippen molar-refractivity contribution < 1.29 is 17.9 Å². The highest BCUT2D eigenvalue weighted by Gasteiger charge is 2.37. The van der Waals surface area contributed by atoms with Crippen molar-refractivity contribution in [2.75, 3.05) is 19.0 Å². The zero-order valence-corrected chi connectivity index (χ0v) is 18.7. The number of thiazole rings is 1. The highest BCUT2D eigenvalue weighted by atomic mass is 32.2. The van der Waals surface area contributed by atoms with Crippen LogP contribution in [0.4, 0.5) is 5.13 Å². The first-order valence-electron chi connectivity index (χ1n) is 9.74. The minimum absolute atomic E-state index is 0.218. The Bertz CT molecular complexity index is 1200. The topological polar surface area (TPSA) is 101 Å². The van der Waals surface area contributed by atoms with Crippen molar-refractivity contribution in [3.05, 3.63) is 64.9 Å². The number of benzene rings is 1. The van der Waals surface area contributed by atoms with E-state index >= 15 is 0 Å². The number of pyridine rings is 1. The third-order valence-electron chi connectivity index (χ3n) is 5.17. The summed E-state index contributed by atoms with van der Waals surface area (Å²) >= 11 is 1.31. The Hall–Kier alpha value is -2.82. The van der Waals surface area contributed by atoms with E-state index in [1.165, 1.54) is 15.6 Å². The van der Waals surface area contributed by atoms with E-state index in [0.717, 1.165) is 12.0 Å². The molecule has 1 aliphatic heterocycles. The van der Waals surface area contributed by atoms with Gasteiger partial charge in [0.05, 0.1) is 23.7 Å². The van der Waals surface area contributed by atoms with Crippen molar-refractivity contribution in [1.82, 2.24) is 14.3 Å². The van der Waals surface area contributed by atoms with Gasteiger partial charge < -0.3 is 4.74 Å². The normalized spacial score (nSPS) is 16.9. The quantitative estimate of drug-likeness (QED) is 0.605. The fourth-order valence-corrected chi connectivity index (χ4v) is 5.96. The van der Waals surface area contributed by atoms with Crippen LogP contribution in [-0.4, -0.2) is 42.3 Å². The second kappa shape index (κ2) is 8.74. The van der Waals surface area contributed by atoms with Gasteiger partial charge in [-0.15, -0.1) is 11.3 Å². The molecule has 1 saturated heterocycles. The summed E-state index contributed by atoms with van der Waals surface area (Å²) in [5.41, 5.74) is 1.52. The van der Waals surface area contributed by atoms with Gasteiger partial charge in [-0.1, -0.05) is 6.07 Å². The number of hydrogen-bond acceptors (Lipinski definition) is 7. The van der Waals surface area contributed by atoms with Crippen LogP contribution >= 0.6 is 11.3 Å². The van der Waals surface area contributed by atoms with Crippen molar-refractivity contribution in [2.24, 2.45) is 0 Å². The van der Waals surface area contributed by atoms with E-state index in [1.807, 2.05) is 6.92 Å². The van der Waals surface area contributed by atoms with Gasteiger partial charge in [-0.05, 0) is 55.7 Å². The minimum Gasteiger partial charge on any atom is -0.496 e. The van der Waals surface area contributed by atoms with E-state index in [9.17, 15) is 13.2 Å². The Labute approximate surface area is 185 Å². The summed E-state index contributed by atoms with van der Waals surface area (Å²) in [4.78, 5) is 21.3. The van der Waals surface area contributed by atoms with Crippen LogP contribution in [-0.2, 0) is 10.0 Å². The summed E-state index contributed by atoms with van der Waals surface area (Å²) in [5.74, 6) is 0.257. The molecule has 0 unspecified atom stereocenters. The molecule has 1 fully saturated rings. The molecule has 4 rings (SSSR count). The van der Waals surface area contributed by atoms with Crippen molar-refractivity contribution >= 4 is 32.4 Å². The van der Waals surface area contributed by atoms with Gasteiger partial charge >= 0.3 is 0 Å². The average Bonchev–Trinajstić information content (AvgIpc) is 3.46. The van der Waals surface area contributed by atoms with Crippen LogP contribution in [0.5, 0.6) is 5.75 Å². The first kappa shape index (κ1) is 21.4. The molecular formula is C21H22N4O4S2. The lowest BCUT2D eigenvalue weighted by Gasteiger charge is -2.24. The molecule has 1 amide bonds. The monoisotopic (exact) mass is 458 g/mol. The smallest absolute Gasteiger partial charge is 0.276 e. The molecular weight excluding hydrogens is 436 g/mol. The molecule has 162 valence electrons. The summed E-state index contributed by atoms with van der Waals surface area (Å²) in [5, 5.41) is 4.95. The lowest BCUT2D eigenvalue weighted by molar-refractivity contribution is 0.102.